The molecule has 1 aliphatic heterocycles. The lowest BCUT2D eigenvalue weighted by molar-refractivity contribution is -0.121. The van der Waals surface area contributed by atoms with E-state index in [0.717, 1.165) is 43.0 Å². The normalized spacial score (nSPS) is 17.1. The van der Waals surface area contributed by atoms with Gasteiger partial charge in [-0.25, -0.2) is 9.50 Å². The lowest BCUT2D eigenvalue weighted by Crippen LogP contribution is -2.38. The van der Waals surface area contributed by atoms with E-state index in [0.29, 0.717) is 17.4 Å². The molecule has 0 aliphatic carbocycles. The largest absolute Gasteiger partial charge is 0.352 e. The minimum absolute atomic E-state index is 0.0362. The van der Waals surface area contributed by atoms with Gasteiger partial charge in [-0.15, -0.1) is 5.10 Å². The molecule has 1 saturated heterocycles. The molecular formula is C21H26N6OS. The van der Waals surface area contributed by atoms with Gasteiger partial charge in [0.25, 0.3) is 5.78 Å². The van der Waals surface area contributed by atoms with E-state index in [1.54, 1.807) is 4.52 Å². The van der Waals surface area contributed by atoms with Gasteiger partial charge in [0.1, 0.15) is 0 Å². The summed E-state index contributed by atoms with van der Waals surface area (Å²) in [5.41, 5.74) is 3.99. The number of likely N-dealkylation sites (tertiary alicyclic amines) is 1. The molecule has 0 spiro atoms. The van der Waals surface area contributed by atoms with Crippen LogP contribution in [0.1, 0.15) is 28.9 Å². The summed E-state index contributed by atoms with van der Waals surface area (Å²) in [5.74, 6) is 0.620. The van der Waals surface area contributed by atoms with Crippen molar-refractivity contribution in [2.75, 3.05) is 19.3 Å². The molecule has 0 radical (unpaired) electrons. The number of hydrogen-bond donors (Lipinski definition) is 1. The lowest BCUT2D eigenvalue weighted by Gasteiger charge is -2.17. The van der Waals surface area contributed by atoms with E-state index < -0.39 is 0 Å². The zero-order chi connectivity index (χ0) is 20.4. The van der Waals surface area contributed by atoms with Gasteiger partial charge in [-0.2, -0.15) is 4.98 Å². The first-order valence-electron chi connectivity index (χ1n) is 9.86. The molecule has 152 valence electrons. The quantitative estimate of drug-likeness (QED) is 0.629. The number of nitrogens with zero attached hydrogens (tertiary/aromatic N) is 5. The third-order valence-corrected chi connectivity index (χ3v) is 5.97. The molecule has 29 heavy (non-hydrogen) atoms. The van der Waals surface area contributed by atoms with Crippen molar-refractivity contribution in [2.45, 2.75) is 44.4 Å². The number of carbonyl (C=O) groups excluding carboxylic acids is 1. The van der Waals surface area contributed by atoms with E-state index in [-0.39, 0.29) is 11.9 Å². The fraction of sp³-hybridized carbons (Fsp3) is 0.429. The average Bonchev–Trinajstić information content (AvgIpc) is 3.32. The van der Waals surface area contributed by atoms with Crippen LogP contribution in [0.5, 0.6) is 0 Å². The van der Waals surface area contributed by atoms with Crippen LogP contribution in [0.15, 0.2) is 35.5 Å². The molecule has 1 aromatic carbocycles. The number of aryl methyl sites for hydroxylation is 2. The molecule has 0 saturated carbocycles. The van der Waals surface area contributed by atoms with Crippen molar-refractivity contribution in [3.8, 4) is 0 Å². The van der Waals surface area contributed by atoms with E-state index in [2.05, 4.69) is 49.5 Å². The summed E-state index contributed by atoms with van der Waals surface area (Å²) in [4.78, 5) is 24.1. The van der Waals surface area contributed by atoms with Crippen LogP contribution in [0.3, 0.4) is 0 Å². The van der Waals surface area contributed by atoms with Crippen LogP contribution in [0.4, 0.5) is 0 Å². The first kappa shape index (κ1) is 19.8. The van der Waals surface area contributed by atoms with Crippen molar-refractivity contribution in [1.82, 2.24) is 29.8 Å². The summed E-state index contributed by atoms with van der Waals surface area (Å²) in [7, 11) is 0. The van der Waals surface area contributed by atoms with Crippen molar-refractivity contribution in [1.29, 1.82) is 0 Å². The standard InChI is InChI=1S/C21H26N6OS/c1-14-18(15(2)27-20(22-14)24-21(25-27)29-3)11-19(28)23-17-9-10-26(13-17)12-16-7-5-4-6-8-16/h4-8,17H,9-13H2,1-3H3,(H,23,28)/t17-/m0/s1. The van der Waals surface area contributed by atoms with Crippen molar-refractivity contribution in [3.05, 3.63) is 52.8 Å². The third-order valence-electron chi connectivity index (χ3n) is 5.44. The van der Waals surface area contributed by atoms with Gasteiger partial charge in [0, 0.05) is 42.6 Å². The van der Waals surface area contributed by atoms with Crippen LogP contribution in [-0.2, 0) is 17.8 Å². The van der Waals surface area contributed by atoms with Gasteiger partial charge in [0.15, 0.2) is 0 Å². The van der Waals surface area contributed by atoms with Crippen molar-refractivity contribution in [3.63, 3.8) is 0 Å². The number of benzene rings is 1. The molecular weight excluding hydrogens is 384 g/mol. The van der Waals surface area contributed by atoms with E-state index >= 15 is 0 Å². The Bertz CT molecular complexity index is 1020. The maximum absolute atomic E-state index is 12.7. The van der Waals surface area contributed by atoms with Crippen molar-refractivity contribution in [2.24, 2.45) is 0 Å². The Balaban J connectivity index is 1.39. The minimum Gasteiger partial charge on any atom is -0.352 e. The third kappa shape index (κ3) is 4.43. The predicted octanol–water partition coefficient (Wildman–Crippen LogP) is 2.40. The van der Waals surface area contributed by atoms with Gasteiger partial charge in [-0.3, -0.25) is 9.69 Å². The first-order chi connectivity index (χ1) is 14.0. The molecule has 7 nitrogen and oxygen atoms in total. The van der Waals surface area contributed by atoms with Crippen LogP contribution >= 0.6 is 11.8 Å². The van der Waals surface area contributed by atoms with Gasteiger partial charge >= 0.3 is 0 Å². The molecule has 1 N–H and O–H groups in total. The highest BCUT2D eigenvalue weighted by atomic mass is 32.2. The molecule has 4 rings (SSSR count). The van der Waals surface area contributed by atoms with Gasteiger partial charge in [-0.05, 0) is 32.1 Å². The molecule has 1 fully saturated rings. The predicted molar refractivity (Wildman–Crippen MR) is 114 cm³/mol. The van der Waals surface area contributed by atoms with E-state index in [4.69, 9.17) is 0 Å². The van der Waals surface area contributed by atoms with Gasteiger partial charge in [0.05, 0.1) is 6.42 Å². The summed E-state index contributed by atoms with van der Waals surface area (Å²) >= 11 is 1.48. The summed E-state index contributed by atoms with van der Waals surface area (Å²) in [6.45, 7) is 6.72. The van der Waals surface area contributed by atoms with Gasteiger partial charge in [-0.1, -0.05) is 42.1 Å². The molecule has 1 amide bonds. The Morgan fingerprint density at radius 3 is 2.79 bits per heavy atom. The van der Waals surface area contributed by atoms with Gasteiger partial charge < -0.3 is 5.32 Å². The number of hydrogen-bond acceptors (Lipinski definition) is 6. The Morgan fingerprint density at radius 1 is 1.24 bits per heavy atom. The summed E-state index contributed by atoms with van der Waals surface area (Å²) in [5, 5.41) is 8.35. The topological polar surface area (TPSA) is 75.4 Å². The zero-order valence-electron chi connectivity index (χ0n) is 17.1. The number of nitrogens with one attached hydrogen (secondary N) is 1. The van der Waals surface area contributed by atoms with Gasteiger partial charge in [0.2, 0.25) is 11.1 Å². The Labute approximate surface area is 174 Å². The zero-order valence-corrected chi connectivity index (χ0v) is 17.9. The lowest BCUT2D eigenvalue weighted by atomic mass is 10.1. The van der Waals surface area contributed by atoms with Crippen molar-refractivity contribution < 1.29 is 4.79 Å². The second-order valence-electron chi connectivity index (χ2n) is 7.52. The molecule has 0 bridgehead atoms. The highest BCUT2D eigenvalue weighted by Gasteiger charge is 2.24. The van der Waals surface area contributed by atoms with Crippen LogP contribution in [0.25, 0.3) is 5.78 Å². The van der Waals surface area contributed by atoms with Crippen LogP contribution in [0, 0.1) is 13.8 Å². The molecule has 0 unspecified atom stereocenters. The summed E-state index contributed by atoms with van der Waals surface area (Å²) in [6.07, 6.45) is 3.23. The Hall–Kier alpha value is -2.45. The first-order valence-corrected chi connectivity index (χ1v) is 11.1. The van der Waals surface area contributed by atoms with E-state index in [9.17, 15) is 4.79 Å². The summed E-state index contributed by atoms with van der Waals surface area (Å²) < 4.78 is 1.73. The SMILES string of the molecule is CSc1nc2nc(C)c(CC(=O)N[C@H]3CCN(Cc4ccccc4)C3)c(C)n2n1. The molecule has 3 aromatic rings. The Morgan fingerprint density at radius 2 is 2.03 bits per heavy atom. The number of thioether (sulfide) groups is 1. The molecule has 2 aromatic heterocycles. The average molecular weight is 411 g/mol. The second-order valence-corrected chi connectivity index (χ2v) is 8.30. The fourth-order valence-corrected chi connectivity index (χ4v) is 4.24. The minimum atomic E-state index is 0.0362. The number of rotatable bonds is 6. The maximum Gasteiger partial charge on any atom is 0.253 e. The van der Waals surface area contributed by atoms with E-state index in [1.807, 2.05) is 26.2 Å². The number of carbonyl (C=O) groups is 1. The number of amides is 1. The summed E-state index contributed by atoms with van der Waals surface area (Å²) in [6, 6.07) is 10.7. The number of aromatic nitrogens is 4. The fourth-order valence-electron chi connectivity index (χ4n) is 3.91. The molecule has 3 heterocycles. The molecule has 1 atom stereocenters. The number of fused-ring (bicyclic) bond motifs is 1. The molecule has 8 heteroatoms. The van der Waals surface area contributed by atoms with Crippen LogP contribution < -0.4 is 5.32 Å². The highest BCUT2D eigenvalue weighted by molar-refractivity contribution is 7.98. The highest BCUT2D eigenvalue weighted by Crippen LogP contribution is 2.18. The van der Waals surface area contributed by atoms with E-state index in [1.165, 1.54) is 17.3 Å². The second kappa shape index (κ2) is 8.51. The van der Waals surface area contributed by atoms with Crippen molar-refractivity contribution >= 4 is 23.4 Å². The molecule has 1 aliphatic rings. The Kier molecular flexibility index (Phi) is 5.82. The van der Waals surface area contributed by atoms with Crippen LogP contribution in [0.2, 0.25) is 0 Å². The maximum atomic E-state index is 12.7. The van der Waals surface area contributed by atoms with Crippen LogP contribution in [-0.4, -0.2) is 55.8 Å². The smallest absolute Gasteiger partial charge is 0.253 e. The monoisotopic (exact) mass is 410 g/mol.